The molecule has 0 fully saturated rings. The summed E-state index contributed by atoms with van der Waals surface area (Å²) >= 11 is 0. The molecule has 0 aliphatic heterocycles. The quantitative estimate of drug-likeness (QED) is 0.124. The van der Waals surface area contributed by atoms with Crippen molar-refractivity contribution in [2.45, 2.75) is 0 Å². The summed E-state index contributed by atoms with van der Waals surface area (Å²) in [7, 11) is 0. The van der Waals surface area contributed by atoms with Gasteiger partial charge in [-0.1, -0.05) is 248 Å². The SMILES string of the molecule is [2H]c1c([2H])c2c([2H])c([2H])c3c([2H])c([2H])c(-c4cc(-c5ccccc5)cc(-c5c([2H])c([2H])c6c([2H])c([2H])c7c([2H])c([2H])c([2H])c8c([2H])c([2H])c5c6c78)c4)c4c([2H])c([2H])c(c1[2H])c2c34.c1ccc(-c2c3ccccc3c(-c3ccc4oc5cc6ccccc6cc5c4c3)c3ccccc23)cc1. The minimum atomic E-state index is -0.600. The molecule has 374 valence electrons. The molecule has 0 amide bonds. The second kappa shape index (κ2) is 18.0. The Morgan fingerprint density at radius 1 is 0.222 bits per heavy atom. The molecule has 0 aliphatic rings. The van der Waals surface area contributed by atoms with Crippen LogP contribution < -0.4 is 0 Å². The number of furan rings is 1. The lowest BCUT2D eigenvalue weighted by atomic mass is 9.86. The van der Waals surface area contributed by atoms with Crippen LogP contribution in [0.25, 0.3) is 175 Å². The summed E-state index contributed by atoms with van der Waals surface area (Å²) in [6.07, 6.45) is 0. The first-order valence-electron chi connectivity index (χ1n) is 35.6. The van der Waals surface area contributed by atoms with Gasteiger partial charge in [-0.15, -0.1) is 0 Å². The van der Waals surface area contributed by atoms with Crippen molar-refractivity contribution in [2.75, 3.05) is 0 Å². The smallest absolute Gasteiger partial charge is 0.136 e. The van der Waals surface area contributed by atoms with Gasteiger partial charge >= 0.3 is 0 Å². The number of rotatable bonds is 5. The molecule has 18 rings (SSSR count). The molecule has 17 aromatic carbocycles. The summed E-state index contributed by atoms with van der Waals surface area (Å²) in [6.45, 7) is 0. The molecule has 0 atom stereocenters. The summed E-state index contributed by atoms with van der Waals surface area (Å²) in [6, 6.07) is 52.0. The van der Waals surface area contributed by atoms with E-state index in [1.807, 2.05) is 0 Å². The van der Waals surface area contributed by atoms with E-state index in [0.29, 0.717) is 11.1 Å². The molecular formula is C80H48O. The van der Waals surface area contributed by atoms with E-state index >= 15 is 0 Å². The Morgan fingerprint density at radius 2 is 0.630 bits per heavy atom. The number of benzene rings is 17. The van der Waals surface area contributed by atoms with Gasteiger partial charge in [0, 0.05) is 10.8 Å². The van der Waals surface area contributed by atoms with Crippen LogP contribution in [0.1, 0.15) is 24.7 Å². The minimum Gasteiger partial charge on any atom is -0.456 e. The first kappa shape index (κ1) is 31.1. The van der Waals surface area contributed by atoms with E-state index in [1.54, 1.807) is 42.5 Å². The molecule has 0 radical (unpaired) electrons. The van der Waals surface area contributed by atoms with Gasteiger partial charge in [-0.25, -0.2) is 0 Å². The number of hydrogen-bond donors (Lipinski definition) is 0. The van der Waals surface area contributed by atoms with Gasteiger partial charge in [0.15, 0.2) is 0 Å². The lowest BCUT2D eigenvalue weighted by molar-refractivity contribution is 0.669. The van der Waals surface area contributed by atoms with E-state index in [4.69, 9.17) is 20.9 Å². The number of hydrogen-bond acceptors (Lipinski definition) is 1. The molecule has 18 aromatic rings. The molecule has 0 saturated carbocycles. The van der Waals surface area contributed by atoms with Crippen LogP contribution in [-0.2, 0) is 0 Å². The largest absolute Gasteiger partial charge is 0.456 e. The fourth-order valence-electron chi connectivity index (χ4n) is 12.2. The molecule has 0 aliphatic carbocycles. The second-order valence-electron chi connectivity index (χ2n) is 20.4. The van der Waals surface area contributed by atoms with Gasteiger partial charge in [0.2, 0.25) is 0 Å². The van der Waals surface area contributed by atoms with Crippen molar-refractivity contribution in [1.29, 1.82) is 0 Å². The summed E-state index contributed by atoms with van der Waals surface area (Å²) in [4.78, 5) is 0. The van der Waals surface area contributed by atoms with Gasteiger partial charge in [0.05, 0.1) is 24.7 Å². The van der Waals surface area contributed by atoms with Crippen molar-refractivity contribution in [1.82, 2.24) is 0 Å². The topological polar surface area (TPSA) is 13.1 Å². The molecule has 1 heteroatoms. The van der Waals surface area contributed by atoms with Gasteiger partial charge in [0.25, 0.3) is 0 Å². The molecule has 1 aromatic heterocycles. The Kier molecular flexibility index (Phi) is 6.90. The monoisotopic (exact) mass is 1040 g/mol. The van der Waals surface area contributed by atoms with Crippen LogP contribution in [-0.4, -0.2) is 0 Å². The molecule has 81 heavy (non-hydrogen) atoms. The summed E-state index contributed by atoms with van der Waals surface area (Å²) in [5, 5.41) is 8.26. The Hall–Kier alpha value is -10.6. The highest BCUT2D eigenvalue weighted by molar-refractivity contribution is 6.28. The standard InChI is InChI=1S/C44H26.C36H22O/c1-2-6-27(7-3-1)34-24-35(37-20-16-32-14-12-28-8-4-10-30-18-22-39(37)43(32)41(28)30)26-36(25-34)38-21-17-33-15-13-29-9-5-11-31-19-23-40(38)44(33)42(29)31;1-2-10-23(11-3-1)35-27-14-6-8-16-29(27)36(30-17-9-7-15-28(30)35)26-18-19-33-31(21-26)32-20-24-12-4-5-13-25(24)22-34(32)37-33/h1-26H;1-22H/i4D,5D,8D,9D,10D,11D,12D,13D,14D,15D,16D,17D,18D,19D,20D,21D,22D,23D;. The Balaban J connectivity index is 0.000000168. The van der Waals surface area contributed by atoms with Crippen LogP contribution in [0.3, 0.4) is 0 Å². The van der Waals surface area contributed by atoms with Gasteiger partial charge in [0.1, 0.15) is 11.2 Å². The van der Waals surface area contributed by atoms with Crippen LogP contribution in [0, 0.1) is 0 Å². The molecule has 0 N–H and O–H groups in total. The maximum Gasteiger partial charge on any atom is 0.136 e. The van der Waals surface area contributed by atoms with E-state index < -0.39 is 109 Å². The molecular weight excluding hydrogens is 977 g/mol. The summed E-state index contributed by atoms with van der Waals surface area (Å²) in [5.41, 5.74) is 8.04. The molecule has 0 saturated heterocycles. The predicted octanol–water partition coefficient (Wildman–Crippen LogP) is 22.9. The van der Waals surface area contributed by atoms with Crippen LogP contribution in [0.5, 0.6) is 0 Å². The van der Waals surface area contributed by atoms with Crippen LogP contribution >= 0.6 is 0 Å². The summed E-state index contributed by atoms with van der Waals surface area (Å²) in [5.74, 6) is 0. The van der Waals surface area contributed by atoms with E-state index in [-0.39, 0.29) is 86.9 Å². The van der Waals surface area contributed by atoms with Crippen molar-refractivity contribution in [3.05, 3.63) is 291 Å². The third-order valence-corrected chi connectivity index (χ3v) is 15.9. The van der Waals surface area contributed by atoms with Crippen molar-refractivity contribution in [2.24, 2.45) is 0 Å². The Bertz CT molecular complexity index is 6300. The fraction of sp³-hybridized carbons (Fsp3) is 0. The normalized spacial score (nSPS) is 15.1. The number of fused-ring (bicyclic) bond motifs is 6. The zero-order chi connectivity index (χ0) is 68.8. The lowest BCUT2D eigenvalue weighted by Crippen LogP contribution is -1.91. The molecule has 1 nitrogen and oxygen atoms in total. The van der Waals surface area contributed by atoms with Crippen molar-refractivity contribution in [3.8, 4) is 55.6 Å². The van der Waals surface area contributed by atoms with Crippen molar-refractivity contribution >= 4 is 119 Å². The van der Waals surface area contributed by atoms with Crippen LogP contribution in [0.15, 0.2) is 295 Å². The maximum absolute atomic E-state index is 9.48. The molecule has 0 bridgehead atoms. The first-order valence-corrected chi connectivity index (χ1v) is 26.6. The predicted molar refractivity (Wildman–Crippen MR) is 347 cm³/mol. The second-order valence-corrected chi connectivity index (χ2v) is 20.4. The van der Waals surface area contributed by atoms with Crippen LogP contribution in [0.2, 0.25) is 0 Å². The van der Waals surface area contributed by atoms with Gasteiger partial charge in [-0.3, -0.25) is 0 Å². The van der Waals surface area contributed by atoms with E-state index in [9.17, 15) is 8.22 Å². The van der Waals surface area contributed by atoms with E-state index in [0.717, 1.165) is 21.9 Å². The maximum atomic E-state index is 9.48. The fourth-order valence-corrected chi connectivity index (χ4v) is 12.2. The van der Waals surface area contributed by atoms with E-state index in [1.165, 1.54) is 60.6 Å². The highest BCUT2D eigenvalue weighted by atomic mass is 16.3. The average Bonchev–Trinajstić information content (AvgIpc) is 1.02. The van der Waals surface area contributed by atoms with Gasteiger partial charge in [-0.05, 0) is 195 Å². The highest BCUT2D eigenvalue weighted by Crippen LogP contribution is 2.47. The van der Waals surface area contributed by atoms with Crippen molar-refractivity contribution < 1.29 is 29.1 Å². The average molecular weight is 1040 g/mol. The third-order valence-electron chi connectivity index (χ3n) is 15.9. The lowest BCUT2D eigenvalue weighted by Gasteiger charge is -2.18. The van der Waals surface area contributed by atoms with Gasteiger partial charge in [-0.2, -0.15) is 0 Å². The third kappa shape index (κ3) is 7.19. The first-order chi connectivity index (χ1) is 47.7. The molecule has 1 heterocycles. The Morgan fingerprint density at radius 3 is 1.16 bits per heavy atom. The highest BCUT2D eigenvalue weighted by Gasteiger charge is 2.20. The molecule has 0 spiro atoms. The minimum absolute atomic E-state index is 0.00774. The van der Waals surface area contributed by atoms with Crippen LogP contribution in [0.4, 0.5) is 0 Å². The van der Waals surface area contributed by atoms with E-state index in [2.05, 4.69) is 133 Å². The van der Waals surface area contributed by atoms with Gasteiger partial charge < -0.3 is 4.42 Å². The van der Waals surface area contributed by atoms with Crippen molar-refractivity contribution in [3.63, 3.8) is 0 Å². The zero-order valence-electron chi connectivity index (χ0n) is 60.7. The zero-order valence-corrected chi connectivity index (χ0v) is 42.7. The summed E-state index contributed by atoms with van der Waals surface area (Å²) < 4.78 is 169. The molecule has 0 unspecified atom stereocenters. The Labute approximate surface area is 492 Å².